The lowest BCUT2D eigenvalue weighted by Gasteiger charge is -2.11. The summed E-state index contributed by atoms with van der Waals surface area (Å²) in [7, 11) is 0. The number of hydrogen-bond acceptors (Lipinski definition) is 3. The molecule has 0 aliphatic carbocycles. The second-order valence-electron chi connectivity index (χ2n) is 4.96. The molecule has 0 bridgehead atoms. The van der Waals surface area contributed by atoms with Crippen LogP contribution in [0, 0.1) is 0 Å². The lowest BCUT2D eigenvalue weighted by Crippen LogP contribution is -2.42. The molecule has 1 atom stereocenters. The quantitative estimate of drug-likeness (QED) is 0.565. The Morgan fingerprint density at radius 3 is 2.90 bits per heavy atom. The summed E-state index contributed by atoms with van der Waals surface area (Å²) in [5.41, 5.74) is 13.5. The van der Waals surface area contributed by atoms with Gasteiger partial charge in [-0.3, -0.25) is 4.79 Å². The van der Waals surface area contributed by atoms with Crippen molar-refractivity contribution in [3.8, 4) is 0 Å². The SMILES string of the molecule is NCCCCNC(=O)[C@H](N)Cc1c[nH]c2ccccc12. The van der Waals surface area contributed by atoms with Gasteiger partial charge in [-0.1, -0.05) is 18.2 Å². The number of rotatable bonds is 7. The van der Waals surface area contributed by atoms with E-state index in [1.165, 1.54) is 0 Å². The number of carbonyl (C=O) groups excluding carboxylic acids is 1. The second kappa shape index (κ2) is 7.07. The van der Waals surface area contributed by atoms with E-state index < -0.39 is 6.04 Å². The number of aromatic nitrogens is 1. The van der Waals surface area contributed by atoms with Crippen molar-refractivity contribution in [3.05, 3.63) is 36.0 Å². The number of nitrogens with two attached hydrogens (primary N) is 2. The van der Waals surface area contributed by atoms with Gasteiger partial charge in [0.2, 0.25) is 5.91 Å². The molecule has 0 spiro atoms. The van der Waals surface area contributed by atoms with Gasteiger partial charge in [-0.05, 0) is 37.4 Å². The fourth-order valence-electron chi connectivity index (χ4n) is 2.24. The van der Waals surface area contributed by atoms with Crippen LogP contribution >= 0.6 is 0 Å². The Hall–Kier alpha value is -1.85. The molecule has 2 aromatic rings. The van der Waals surface area contributed by atoms with Crippen LogP contribution in [0.2, 0.25) is 0 Å². The molecule has 1 aromatic carbocycles. The van der Waals surface area contributed by atoms with E-state index >= 15 is 0 Å². The van der Waals surface area contributed by atoms with Crippen LogP contribution in [0.1, 0.15) is 18.4 Å². The summed E-state index contributed by atoms with van der Waals surface area (Å²) in [5, 5.41) is 3.97. The molecule has 1 aromatic heterocycles. The number of amides is 1. The van der Waals surface area contributed by atoms with Crippen molar-refractivity contribution in [1.29, 1.82) is 0 Å². The third kappa shape index (κ3) is 3.59. The number of H-pyrrole nitrogens is 1. The molecule has 5 heteroatoms. The monoisotopic (exact) mass is 274 g/mol. The van der Waals surface area contributed by atoms with Crippen LogP contribution in [0.25, 0.3) is 10.9 Å². The van der Waals surface area contributed by atoms with Crippen LogP contribution in [0.3, 0.4) is 0 Å². The molecular formula is C15H22N4O. The highest BCUT2D eigenvalue weighted by molar-refractivity contribution is 5.86. The van der Waals surface area contributed by atoms with E-state index in [-0.39, 0.29) is 5.91 Å². The molecule has 0 radical (unpaired) electrons. The Morgan fingerprint density at radius 1 is 1.30 bits per heavy atom. The van der Waals surface area contributed by atoms with Gasteiger partial charge in [0.15, 0.2) is 0 Å². The number of aromatic amines is 1. The summed E-state index contributed by atoms with van der Waals surface area (Å²) < 4.78 is 0. The third-order valence-corrected chi connectivity index (χ3v) is 3.38. The van der Waals surface area contributed by atoms with Crippen LogP contribution in [-0.2, 0) is 11.2 Å². The van der Waals surface area contributed by atoms with Gasteiger partial charge in [-0.25, -0.2) is 0 Å². The predicted molar refractivity (Wildman–Crippen MR) is 81.3 cm³/mol. The highest BCUT2D eigenvalue weighted by Crippen LogP contribution is 2.18. The van der Waals surface area contributed by atoms with E-state index in [4.69, 9.17) is 11.5 Å². The number of nitrogens with one attached hydrogen (secondary N) is 2. The molecule has 6 N–H and O–H groups in total. The van der Waals surface area contributed by atoms with Gasteiger partial charge >= 0.3 is 0 Å². The van der Waals surface area contributed by atoms with Crippen LogP contribution in [0.15, 0.2) is 30.5 Å². The highest BCUT2D eigenvalue weighted by Gasteiger charge is 2.15. The average molecular weight is 274 g/mol. The van der Waals surface area contributed by atoms with E-state index in [1.54, 1.807) is 0 Å². The van der Waals surface area contributed by atoms with Crippen LogP contribution in [-0.4, -0.2) is 30.0 Å². The van der Waals surface area contributed by atoms with E-state index in [0.29, 0.717) is 19.5 Å². The molecule has 0 fully saturated rings. The molecule has 0 aliphatic rings. The first-order valence-electron chi connectivity index (χ1n) is 7.00. The molecule has 108 valence electrons. The minimum Gasteiger partial charge on any atom is -0.361 e. The van der Waals surface area contributed by atoms with Crippen molar-refractivity contribution in [2.24, 2.45) is 11.5 Å². The minimum atomic E-state index is -0.521. The van der Waals surface area contributed by atoms with Crippen LogP contribution in [0.4, 0.5) is 0 Å². The van der Waals surface area contributed by atoms with Crippen LogP contribution < -0.4 is 16.8 Å². The Bertz CT molecular complexity index is 564. The smallest absolute Gasteiger partial charge is 0.237 e. The van der Waals surface area contributed by atoms with Gasteiger partial charge in [0.25, 0.3) is 0 Å². The first kappa shape index (κ1) is 14.6. The molecule has 1 amide bonds. The maximum atomic E-state index is 11.9. The van der Waals surface area contributed by atoms with Crippen molar-refractivity contribution in [2.45, 2.75) is 25.3 Å². The maximum Gasteiger partial charge on any atom is 0.237 e. The van der Waals surface area contributed by atoms with Gasteiger partial charge < -0.3 is 21.8 Å². The van der Waals surface area contributed by atoms with E-state index in [2.05, 4.69) is 10.3 Å². The number of para-hydroxylation sites is 1. The Morgan fingerprint density at radius 2 is 2.10 bits per heavy atom. The van der Waals surface area contributed by atoms with E-state index in [1.807, 2.05) is 30.5 Å². The van der Waals surface area contributed by atoms with Crippen molar-refractivity contribution < 1.29 is 4.79 Å². The molecule has 20 heavy (non-hydrogen) atoms. The molecule has 0 saturated heterocycles. The van der Waals surface area contributed by atoms with Gasteiger partial charge in [-0.2, -0.15) is 0 Å². The number of hydrogen-bond donors (Lipinski definition) is 4. The summed E-state index contributed by atoms with van der Waals surface area (Å²) in [6.45, 7) is 1.29. The fraction of sp³-hybridized carbons (Fsp3) is 0.400. The summed E-state index contributed by atoms with van der Waals surface area (Å²) in [6.07, 6.45) is 4.26. The molecule has 0 saturated carbocycles. The Balaban J connectivity index is 1.90. The van der Waals surface area contributed by atoms with Gasteiger partial charge in [0.1, 0.15) is 0 Å². The highest BCUT2D eigenvalue weighted by atomic mass is 16.2. The van der Waals surface area contributed by atoms with Crippen molar-refractivity contribution in [1.82, 2.24) is 10.3 Å². The first-order chi connectivity index (χ1) is 9.72. The van der Waals surface area contributed by atoms with Gasteiger partial charge in [0, 0.05) is 23.6 Å². The molecule has 1 heterocycles. The number of benzene rings is 1. The third-order valence-electron chi connectivity index (χ3n) is 3.38. The zero-order valence-corrected chi connectivity index (χ0v) is 11.6. The van der Waals surface area contributed by atoms with E-state index in [0.717, 1.165) is 29.3 Å². The maximum absolute atomic E-state index is 11.9. The number of fused-ring (bicyclic) bond motifs is 1. The molecular weight excluding hydrogens is 252 g/mol. The summed E-state index contributed by atoms with van der Waals surface area (Å²) in [4.78, 5) is 15.1. The Kier molecular flexibility index (Phi) is 5.15. The largest absolute Gasteiger partial charge is 0.361 e. The first-order valence-corrected chi connectivity index (χ1v) is 7.00. The van der Waals surface area contributed by atoms with Crippen molar-refractivity contribution in [3.63, 3.8) is 0 Å². The Labute approximate surface area is 118 Å². The molecule has 2 rings (SSSR count). The minimum absolute atomic E-state index is 0.104. The van der Waals surface area contributed by atoms with Gasteiger partial charge in [-0.15, -0.1) is 0 Å². The zero-order chi connectivity index (χ0) is 14.4. The normalized spacial score (nSPS) is 12.5. The van der Waals surface area contributed by atoms with Gasteiger partial charge in [0.05, 0.1) is 6.04 Å². The predicted octanol–water partition coefficient (Wildman–Crippen LogP) is 0.893. The standard InChI is InChI=1S/C15H22N4O/c16-7-3-4-8-18-15(20)13(17)9-11-10-19-14-6-2-1-5-12(11)14/h1-2,5-6,10,13,19H,3-4,7-9,16-17H2,(H,18,20)/t13-/m1/s1. The lowest BCUT2D eigenvalue weighted by molar-refractivity contribution is -0.122. The summed E-state index contributed by atoms with van der Waals surface area (Å²) in [5.74, 6) is -0.104. The van der Waals surface area contributed by atoms with Crippen LogP contribution in [0.5, 0.6) is 0 Å². The number of carbonyl (C=O) groups is 1. The fourth-order valence-corrected chi connectivity index (χ4v) is 2.24. The topological polar surface area (TPSA) is 96.9 Å². The summed E-state index contributed by atoms with van der Waals surface area (Å²) in [6, 6.07) is 7.49. The zero-order valence-electron chi connectivity index (χ0n) is 11.6. The second-order valence-corrected chi connectivity index (χ2v) is 4.96. The van der Waals surface area contributed by atoms with Crippen molar-refractivity contribution in [2.75, 3.05) is 13.1 Å². The van der Waals surface area contributed by atoms with Crippen molar-refractivity contribution >= 4 is 16.8 Å². The molecule has 5 nitrogen and oxygen atoms in total. The molecule has 0 unspecified atom stereocenters. The average Bonchev–Trinajstić information content (AvgIpc) is 2.87. The molecule has 0 aliphatic heterocycles. The number of unbranched alkanes of at least 4 members (excludes halogenated alkanes) is 1. The summed E-state index contributed by atoms with van der Waals surface area (Å²) >= 11 is 0. The lowest BCUT2D eigenvalue weighted by atomic mass is 10.1. The van der Waals surface area contributed by atoms with E-state index in [9.17, 15) is 4.79 Å².